The number of methoxy groups -OCH3 is 1. The Balaban J connectivity index is 2.95. The number of hydrogen-bond acceptors (Lipinski definition) is 3. The Morgan fingerprint density at radius 3 is 2.62 bits per heavy atom. The van der Waals surface area contributed by atoms with E-state index >= 15 is 0 Å². The number of esters is 1. The SMILES string of the molecule is COC(=O)CC(O)c1cc(F)c(C)cc1F. The van der Waals surface area contributed by atoms with E-state index in [2.05, 4.69) is 4.74 Å². The number of hydrogen-bond donors (Lipinski definition) is 1. The van der Waals surface area contributed by atoms with Crippen LogP contribution in [-0.2, 0) is 9.53 Å². The number of benzene rings is 1. The molecule has 0 saturated heterocycles. The first-order valence-electron chi connectivity index (χ1n) is 4.66. The van der Waals surface area contributed by atoms with Gasteiger partial charge in [0.1, 0.15) is 11.6 Å². The van der Waals surface area contributed by atoms with Crippen LogP contribution in [0.4, 0.5) is 8.78 Å². The van der Waals surface area contributed by atoms with E-state index in [9.17, 15) is 18.7 Å². The highest BCUT2D eigenvalue weighted by Gasteiger charge is 2.18. The first kappa shape index (κ1) is 12.6. The third-order valence-corrected chi connectivity index (χ3v) is 2.22. The van der Waals surface area contributed by atoms with Gasteiger partial charge in [0.2, 0.25) is 0 Å². The molecule has 1 rings (SSSR count). The maximum atomic E-state index is 13.4. The van der Waals surface area contributed by atoms with Crippen molar-refractivity contribution in [2.45, 2.75) is 19.4 Å². The molecule has 0 radical (unpaired) electrons. The summed E-state index contributed by atoms with van der Waals surface area (Å²) in [6, 6.07) is 1.86. The number of aryl methyl sites for hydroxylation is 1. The zero-order valence-corrected chi connectivity index (χ0v) is 8.96. The van der Waals surface area contributed by atoms with E-state index in [1.54, 1.807) is 0 Å². The molecule has 1 atom stereocenters. The summed E-state index contributed by atoms with van der Waals surface area (Å²) in [7, 11) is 1.15. The van der Waals surface area contributed by atoms with Gasteiger partial charge in [-0.25, -0.2) is 8.78 Å². The van der Waals surface area contributed by atoms with Crippen LogP contribution >= 0.6 is 0 Å². The molecule has 0 saturated carbocycles. The van der Waals surface area contributed by atoms with Crippen LogP contribution in [0.15, 0.2) is 12.1 Å². The van der Waals surface area contributed by atoms with Crippen molar-refractivity contribution in [1.29, 1.82) is 0 Å². The van der Waals surface area contributed by atoms with E-state index in [0.29, 0.717) is 0 Å². The lowest BCUT2D eigenvalue weighted by Gasteiger charge is -2.11. The highest BCUT2D eigenvalue weighted by molar-refractivity contribution is 5.70. The fraction of sp³-hybridized carbons (Fsp3) is 0.364. The van der Waals surface area contributed by atoms with Crippen LogP contribution in [0, 0.1) is 18.6 Å². The molecule has 16 heavy (non-hydrogen) atoms. The quantitative estimate of drug-likeness (QED) is 0.806. The van der Waals surface area contributed by atoms with Gasteiger partial charge >= 0.3 is 5.97 Å². The van der Waals surface area contributed by atoms with Crippen LogP contribution in [0.1, 0.15) is 23.7 Å². The molecular formula is C11H12F2O3. The van der Waals surface area contributed by atoms with Gasteiger partial charge in [0.25, 0.3) is 0 Å². The molecule has 1 unspecified atom stereocenters. The molecule has 3 nitrogen and oxygen atoms in total. The lowest BCUT2D eigenvalue weighted by Crippen LogP contribution is -2.10. The van der Waals surface area contributed by atoms with Crippen molar-refractivity contribution in [3.8, 4) is 0 Å². The minimum Gasteiger partial charge on any atom is -0.469 e. The Bertz CT molecular complexity index is 404. The molecule has 1 N–H and O–H groups in total. The summed E-state index contributed by atoms with van der Waals surface area (Å²) in [5.74, 6) is -2.05. The van der Waals surface area contributed by atoms with Gasteiger partial charge in [-0.2, -0.15) is 0 Å². The highest BCUT2D eigenvalue weighted by Crippen LogP contribution is 2.23. The second kappa shape index (κ2) is 5.03. The summed E-state index contributed by atoms with van der Waals surface area (Å²) < 4.78 is 30.8. The predicted molar refractivity (Wildman–Crippen MR) is 52.7 cm³/mol. The van der Waals surface area contributed by atoms with E-state index < -0.39 is 30.1 Å². The molecule has 0 aliphatic rings. The molecule has 5 heteroatoms. The molecule has 0 bridgehead atoms. The number of ether oxygens (including phenoxy) is 1. The van der Waals surface area contributed by atoms with Crippen molar-refractivity contribution in [3.05, 3.63) is 34.9 Å². The van der Waals surface area contributed by atoms with Crippen molar-refractivity contribution in [1.82, 2.24) is 0 Å². The van der Waals surface area contributed by atoms with E-state index in [-0.39, 0.29) is 11.1 Å². The Hall–Kier alpha value is -1.49. The Morgan fingerprint density at radius 1 is 1.44 bits per heavy atom. The first-order chi connectivity index (χ1) is 7.45. The van der Waals surface area contributed by atoms with Gasteiger partial charge in [-0.15, -0.1) is 0 Å². The Kier molecular flexibility index (Phi) is 3.95. The molecule has 0 heterocycles. The largest absolute Gasteiger partial charge is 0.469 e. The zero-order valence-electron chi connectivity index (χ0n) is 8.96. The van der Waals surface area contributed by atoms with Gasteiger partial charge in [0.05, 0.1) is 19.6 Å². The summed E-state index contributed by atoms with van der Waals surface area (Å²) in [4.78, 5) is 10.9. The van der Waals surface area contributed by atoms with Gasteiger partial charge in [-0.05, 0) is 24.6 Å². The number of aliphatic hydroxyl groups is 1. The lowest BCUT2D eigenvalue weighted by molar-refractivity contribution is -0.142. The molecule has 0 aromatic heterocycles. The number of halogens is 2. The smallest absolute Gasteiger partial charge is 0.308 e. The molecule has 0 spiro atoms. The summed E-state index contributed by atoms with van der Waals surface area (Å²) in [5, 5.41) is 9.51. The minimum atomic E-state index is -1.40. The van der Waals surface area contributed by atoms with Gasteiger partial charge in [-0.1, -0.05) is 0 Å². The summed E-state index contributed by atoms with van der Waals surface area (Å²) >= 11 is 0. The Morgan fingerprint density at radius 2 is 2.06 bits per heavy atom. The zero-order chi connectivity index (χ0) is 12.3. The molecule has 1 aromatic rings. The van der Waals surface area contributed by atoms with Crippen molar-refractivity contribution in [2.75, 3.05) is 7.11 Å². The monoisotopic (exact) mass is 230 g/mol. The van der Waals surface area contributed by atoms with Crippen molar-refractivity contribution < 1.29 is 23.4 Å². The maximum Gasteiger partial charge on any atom is 0.308 e. The van der Waals surface area contributed by atoms with Gasteiger partial charge in [-0.3, -0.25) is 4.79 Å². The average Bonchev–Trinajstić information content (AvgIpc) is 2.23. The summed E-state index contributed by atoms with van der Waals surface area (Å²) in [6.07, 6.45) is -1.81. The van der Waals surface area contributed by atoms with E-state index in [0.717, 1.165) is 19.2 Å². The van der Waals surface area contributed by atoms with E-state index in [1.807, 2.05) is 0 Å². The molecular weight excluding hydrogens is 218 g/mol. The maximum absolute atomic E-state index is 13.4. The fourth-order valence-corrected chi connectivity index (χ4v) is 1.27. The number of rotatable bonds is 3. The lowest BCUT2D eigenvalue weighted by atomic mass is 10.0. The predicted octanol–water partition coefficient (Wildman–Crippen LogP) is 1.87. The number of aliphatic hydroxyl groups excluding tert-OH is 1. The van der Waals surface area contributed by atoms with Crippen LogP contribution in [-0.4, -0.2) is 18.2 Å². The fourth-order valence-electron chi connectivity index (χ4n) is 1.27. The van der Waals surface area contributed by atoms with Crippen molar-refractivity contribution >= 4 is 5.97 Å². The molecule has 0 aliphatic carbocycles. The minimum absolute atomic E-state index is 0.145. The van der Waals surface area contributed by atoms with Gasteiger partial charge < -0.3 is 9.84 Å². The third-order valence-electron chi connectivity index (χ3n) is 2.22. The van der Waals surface area contributed by atoms with Crippen LogP contribution in [0.25, 0.3) is 0 Å². The second-order valence-corrected chi connectivity index (χ2v) is 3.42. The number of carbonyl (C=O) groups is 1. The third kappa shape index (κ3) is 2.76. The van der Waals surface area contributed by atoms with E-state index in [1.165, 1.54) is 6.92 Å². The standard InChI is InChI=1S/C11H12F2O3/c1-6-3-9(13)7(4-8(6)12)10(14)5-11(15)16-2/h3-4,10,14H,5H2,1-2H3. The van der Waals surface area contributed by atoms with Gasteiger partial charge in [0, 0.05) is 5.56 Å². The van der Waals surface area contributed by atoms with Crippen LogP contribution in [0.3, 0.4) is 0 Å². The molecule has 0 aliphatic heterocycles. The van der Waals surface area contributed by atoms with Crippen molar-refractivity contribution in [2.24, 2.45) is 0 Å². The molecule has 0 amide bonds. The molecule has 1 aromatic carbocycles. The molecule has 88 valence electrons. The van der Waals surface area contributed by atoms with Gasteiger partial charge in [0.15, 0.2) is 0 Å². The summed E-state index contributed by atoms with van der Waals surface area (Å²) in [6.45, 7) is 1.41. The normalized spacial score (nSPS) is 12.3. The van der Waals surface area contributed by atoms with Crippen LogP contribution < -0.4 is 0 Å². The Labute approximate surface area is 91.7 Å². The molecule has 0 fully saturated rings. The average molecular weight is 230 g/mol. The number of carbonyl (C=O) groups excluding carboxylic acids is 1. The second-order valence-electron chi connectivity index (χ2n) is 3.42. The van der Waals surface area contributed by atoms with Crippen molar-refractivity contribution in [3.63, 3.8) is 0 Å². The van der Waals surface area contributed by atoms with Crippen LogP contribution in [0.5, 0.6) is 0 Å². The highest BCUT2D eigenvalue weighted by atomic mass is 19.1. The van der Waals surface area contributed by atoms with Crippen LogP contribution in [0.2, 0.25) is 0 Å². The topological polar surface area (TPSA) is 46.5 Å². The van der Waals surface area contributed by atoms with E-state index in [4.69, 9.17) is 0 Å². The first-order valence-corrected chi connectivity index (χ1v) is 4.66. The summed E-state index contributed by atoms with van der Waals surface area (Å²) in [5.41, 5.74) is -0.0972.